The van der Waals surface area contributed by atoms with Crippen LogP contribution in [0.1, 0.15) is 24.9 Å². The fraction of sp³-hybridized carbons (Fsp3) is 0.333. The molecule has 4 nitrogen and oxygen atoms in total. The molecule has 0 spiro atoms. The Morgan fingerprint density at radius 2 is 2.13 bits per heavy atom. The maximum atomic E-state index is 12.6. The number of benzene rings is 1. The Balaban J connectivity index is 1.66. The van der Waals surface area contributed by atoms with Crippen LogP contribution in [-0.4, -0.2) is 28.9 Å². The predicted molar refractivity (Wildman–Crippen MR) is 97.1 cm³/mol. The summed E-state index contributed by atoms with van der Waals surface area (Å²) in [5.41, 5.74) is 1.10. The van der Waals surface area contributed by atoms with Gasteiger partial charge in [-0.2, -0.15) is 0 Å². The summed E-state index contributed by atoms with van der Waals surface area (Å²) in [5.74, 6) is 1.24. The molecule has 0 N–H and O–H groups in total. The summed E-state index contributed by atoms with van der Waals surface area (Å²) < 4.78 is 6.79. The summed E-state index contributed by atoms with van der Waals surface area (Å²) in [5, 5.41) is 0. The molecule has 1 fully saturated rings. The number of likely N-dealkylation sites (tertiary alicyclic amines) is 1. The first-order valence-corrected chi connectivity index (χ1v) is 8.79. The zero-order chi connectivity index (χ0) is 16.2. The van der Waals surface area contributed by atoms with Gasteiger partial charge in [0.2, 0.25) is 0 Å². The summed E-state index contributed by atoms with van der Waals surface area (Å²) in [7, 11) is 0. The average Bonchev–Trinajstić information content (AvgIpc) is 2.97. The van der Waals surface area contributed by atoms with Crippen molar-refractivity contribution in [1.29, 1.82) is 0 Å². The van der Waals surface area contributed by atoms with Gasteiger partial charge in [-0.15, -0.1) is 0 Å². The second-order valence-electron chi connectivity index (χ2n) is 5.93. The number of ether oxygens (including phenoxy) is 1. The van der Waals surface area contributed by atoms with Gasteiger partial charge in [0, 0.05) is 22.5 Å². The van der Waals surface area contributed by atoms with E-state index in [0.717, 1.165) is 27.8 Å². The molecule has 5 heteroatoms. The number of hydrogen-bond donors (Lipinski definition) is 0. The molecule has 1 aromatic carbocycles. The molecule has 0 saturated carbocycles. The van der Waals surface area contributed by atoms with Gasteiger partial charge in [0.25, 0.3) is 5.91 Å². The summed E-state index contributed by atoms with van der Waals surface area (Å²) in [4.78, 5) is 18.7. The zero-order valence-electron chi connectivity index (χ0n) is 13.0. The maximum absolute atomic E-state index is 12.6. The standard InChI is InChI=1S/C18H19IN2O2/c1-13-9-17(14-3-2-8-20-10-14)21(11-13)18(22)12-23-16-6-4-15(19)5-7-16/h2-8,10,13,17H,9,11-12H2,1H3. The summed E-state index contributed by atoms with van der Waals surface area (Å²) in [6, 6.07) is 11.8. The highest BCUT2D eigenvalue weighted by Crippen LogP contribution is 2.34. The Hall–Kier alpha value is -1.63. The molecule has 1 aromatic heterocycles. The van der Waals surface area contributed by atoms with E-state index in [1.165, 1.54) is 0 Å². The van der Waals surface area contributed by atoms with Crippen LogP contribution in [0.25, 0.3) is 0 Å². The number of rotatable bonds is 4. The predicted octanol–water partition coefficient (Wildman–Crippen LogP) is 3.67. The topological polar surface area (TPSA) is 42.4 Å². The molecule has 2 aromatic rings. The van der Waals surface area contributed by atoms with Crippen LogP contribution in [-0.2, 0) is 4.79 Å². The number of carbonyl (C=O) groups is 1. The zero-order valence-corrected chi connectivity index (χ0v) is 15.1. The lowest BCUT2D eigenvalue weighted by molar-refractivity contribution is -0.134. The molecule has 1 aliphatic rings. The van der Waals surface area contributed by atoms with Crippen LogP contribution < -0.4 is 4.74 Å². The van der Waals surface area contributed by atoms with Gasteiger partial charge in [0.05, 0.1) is 6.04 Å². The average molecular weight is 422 g/mol. The lowest BCUT2D eigenvalue weighted by atomic mass is 10.0. The van der Waals surface area contributed by atoms with Crippen LogP contribution >= 0.6 is 22.6 Å². The Kier molecular flexibility index (Phi) is 5.15. The van der Waals surface area contributed by atoms with E-state index in [9.17, 15) is 4.79 Å². The second-order valence-corrected chi connectivity index (χ2v) is 7.18. The fourth-order valence-electron chi connectivity index (χ4n) is 2.97. The van der Waals surface area contributed by atoms with Crippen LogP contribution in [0.5, 0.6) is 5.75 Å². The normalized spacial score (nSPS) is 20.5. The molecule has 0 aliphatic carbocycles. The number of nitrogens with zero attached hydrogens (tertiary/aromatic N) is 2. The van der Waals surface area contributed by atoms with Gasteiger partial charge in [0.15, 0.2) is 6.61 Å². The Labute approximate surface area is 150 Å². The van der Waals surface area contributed by atoms with Crippen LogP contribution in [0.15, 0.2) is 48.8 Å². The number of carbonyl (C=O) groups excluding carboxylic acids is 1. The monoisotopic (exact) mass is 422 g/mol. The molecule has 1 aliphatic heterocycles. The molecule has 2 unspecified atom stereocenters. The number of hydrogen-bond acceptors (Lipinski definition) is 3. The van der Waals surface area contributed by atoms with Crippen molar-refractivity contribution in [2.45, 2.75) is 19.4 Å². The third kappa shape index (κ3) is 4.02. The van der Waals surface area contributed by atoms with E-state index in [0.29, 0.717) is 5.92 Å². The van der Waals surface area contributed by atoms with Crippen molar-refractivity contribution in [2.75, 3.05) is 13.2 Å². The molecule has 2 heterocycles. The maximum Gasteiger partial charge on any atom is 0.261 e. The van der Waals surface area contributed by atoms with Gasteiger partial charge in [-0.25, -0.2) is 0 Å². The molecular weight excluding hydrogens is 403 g/mol. The van der Waals surface area contributed by atoms with Crippen molar-refractivity contribution >= 4 is 28.5 Å². The van der Waals surface area contributed by atoms with Crippen LogP contribution in [0.2, 0.25) is 0 Å². The first kappa shape index (κ1) is 16.2. The van der Waals surface area contributed by atoms with Gasteiger partial charge in [-0.05, 0) is 70.8 Å². The highest BCUT2D eigenvalue weighted by atomic mass is 127. The number of halogens is 1. The van der Waals surface area contributed by atoms with Crippen molar-refractivity contribution in [3.05, 3.63) is 57.9 Å². The largest absolute Gasteiger partial charge is 0.484 e. The minimum absolute atomic E-state index is 0.0294. The van der Waals surface area contributed by atoms with Crippen LogP contribution in [0.4, 0.5) is 0 Å². The van der Waals surface area contributed by atoms with Crippen molar-refractivity contribution < 1.29 is 9.53 Å². The number of pyridine rings is 1. The lowest BCUT2D eigenvalue weighted by Crippen LogP contribution is -2.35. The third-order valence-corrected chi connectivity index (χ3v) is 4.79. The molecule has 23 heavy (non-hydrogen) atoms. The van der Waals surface area contributed by atoms with E-state index in [1.54, 1.807) is 6.20 Å². The number of aromatic nitrogens is 1. The quantitative estimate of drug-likeness (QED) is 0.707. The van der Waals surface area contributed by atoms with Gasteiger partial charge >= 0.3 is 0 Å². The fourth-order valence-corrected chi connectivity index (χ4v) is 3.33. The highest BCUT2D eigenvalue weighted by molar-refractivity contribution is 14.1. The Morgan fingerprint density at radius 1 is 1.35 bits per heavy atom. The highest BCUT2D eigenvalue weighted by Gasteiger charge is 2.34. The molecular formula is C18H19IN2O2. The van der Waals surface area contributed by atoms with E-state index >= 15 is 0 Å². The Bertz CT molecular complexity index is 660. The van der Waals surface area contributed by atoms with Gasteiger partial charge in [-0.3, -0.25) is 9.78 Å². The molecule has 120 valence electrons. The number of amides is 1. The second kappa shape index (κ2) is 7.29. The van der Waals surface area contributed by atoms with E-state index < -0.39 is 0 Å². The van der Waals surface area contributed by atoms with Gasteiger partial charge in [0.1, 0.15) is 5.75 Å². The van der Waals surface area contributed by atoms with Crippen molar-refractivity contribution in [3.63, 3.8) is 0 Å². The van der Waals surface area contributed by atoms with Gasteiger partial charge in [-0.1, -0.05) is 13.0 Å². The van der Waals surface area contributed by atoms with E-state index in [-0.39, 0.29) is 18.6 Å². The minimum atomic E-state index is 0.0294. The lowest BCUT2D eigenvalue weighted by Gasteiger charge is -2.24. The van der Waals surface area contributed by atoms with E-state index in [2.05, 4.69) is 34.5 Å². The molecule has 0 bridgehead atoms. The smallest absolute Gasteiger partial charge is 0.261 e. The van der Waals surface area contributed by atoms with Crippen molar-refractivity contribution in [3.8, 4) is 5.75 Å². The molecule has 1 saturated heterocycles. The first-order chi connectivity index (χ1) is 11.1. The molecule has 2 atom stereocenters. The Morgan fingerprint density at radius 3 is 2.83 bits per heavy atom. The molecule has 1 amide bonds. The van der Waals surface area contributed by atoms with Crippen molar-refractivity contribution in [1.82, 2.24) is 9.88 Å². The summed E-state index contributed by atoms with van der Waals surface area (Å²) >= 11 is 2.24. The molecule has 3 rings (SSSR count). The van der Waals surface area contributed by atoms with Crippen molar-refractivity contribution in [2.24, 2.45) is 5.92 Å². The molecule has 0 radical (unpaired) electrons. The van der Waals surface area contributed by atoms with Crippen LogP contribution in [0, 0.1) is 9.49 Å². The summed E-state index contributed by atoms with van der Waals surface area (Å²) in [6.07, 6.45) is 4.58. The van der Waals surface area contributed by atoms with Gasteiger partial charge < -0.3 is 9.64 Å². The van der Waals surface area contributed by atoms with E-state index in [4.69, 9.17) is 4.74 Å². The SMILES string of the molecule is CC1CC(c2cccnc2)N(C(=O)COc2ccc(I)cc2)C1. The third-order valence-electron chi connectivity index (χ3n) is 4.08. The first-order valence-electron chi connectivity index (χ1n) is 7.71. The minimum Gasteiger partial charge on any atom is -0.484 e. The summed E-state index contributed by atoms with van der Waals surface area (Å²) in [6.45, 7) is 3.02. The van der Waals surface area contributed by atoms with E-state index in [1.807, 2.05) is 47.5 Å². The van der Waals surface area contributed by atoms with Crippen LogP contribution in [0.3, 0.4) is 0 Å².